The van der Waals surface area contributed by atoms with E-state index in [0.717, 1.165) is 37.3 Å². The fraction of sp³-hybridized carbons (Fsp3) is 0.375. The second kappa shape index (κ2) is 9.31. The normalized spacial score (nSPS) is 18.7. The molecular weight excluding hydrogens is 463 g/mol. The molecule has 8 nitrogen and oxygen atoms in total. The maximum absolute atomic E-state index is 13.0. The summed E-state index contributed by atoms with van der Waals surface area (Å²) in [5, 5.41) is 7.42. The lowest BCUT2D eigenvalue weighted by molar-refractivity contribution is -0.274. The Hall–Kier alpha value is -3.44. The van der Waals surface area contributed by atoms with Gasteiger partial charge < -0.3 is 19.5 Å². The van der Waals surface area contributed by atoms with Crippen LogP contribution >= 0.6 is 0 Å². The fourth-order valence-corrected chi connectivity index (χ4v) is 4.44. The van der Waals surface area contributed by atoms with Crippen molar-refractivity contribution in [3.8, 4) is 17.2 Å². The maximum Gasteiger partial charge on any atom is 0.573 e. The molecule has 0 radical (unpaired) electrons. The van der Waals surface area contributed by atoms with Gasteiger partial charge in [0.05, 0.1) is 12.6 Å². The third-order valence-corrected chi connectivity index (χ3v) is 6.26. The van der Waals surface area contributed by atoms with Gasteiger partial charge in [-0.25, -0.2) is 0 Å². The lowest BCUT2D eigenvalue weighted by Gasteiger charge is -2.25. The molecule has 0 spiro atoms. The molecule has 1 unspecified atom stereocenters. The van der Waals surface area contributed by atoms with Crippen LogP contribution in [0.2, 0.25) is 0 Å². The number of aromatic nitrogens is 2. The first-order valence-corrected chi connectivity index (χ1v) is 11.3. The van der Waals surface area contributed by atoms with Gasteiger partial charge in [-0.1, -0.05) is 17.3 Å². The Morgan fingerprint density at radius 2 is 1.86 bits per heavy atom. The first-order chi connectivity index (χ1) is 16.8. The quantitative estimate of drug-likeness (QED) is 0.567. The Balaban J connectivity index is 1.29. The first-order valence-electron chi connectivity index (χ1n) is 11.3. The molecule has 2 aromatic carbocycles. The Morgan fingerprint density at radius 1 is 1.11 bits per heavy atom. The highest BCUT2D eigenvalue weighted by Gasteiger charge is 2.35. The first kappa shape index (κ1) is 23.3. The van der Waals surface area contributed by atoms with Crippen molar-refractivity contribution in [1.82, 2.24) is 25.3 Å². The van der Waals surface area contributed by atoms with Gasteiger partial charge >= 0.3 is 6.36 Å². The van der Waals surface area contributed by atoms with Crippen molar-refractivity contribution in [2.24, 2.45) is 0 Å². The van der Waals surface area contributed by atoms with Crippen molar-refractivity contribution in [3.63, 3.8) is 0 Å². The van der Waals surface area contributed by atoms with E-state index in [2.05, 4.69) is 25.1 Å². The van der Waals surface area contributed by atoms with E-state index in [9.17, 15) is 18.0 Å². The predicted molar refractivity (Wildman–Crippen MR) is 119 cm³/mol. The van der Waals surface area contributed by atoms with E-state index in [-0.39, 0.29) is 24.2 Å². The van der Waals surface area contributed by atoms with Crippen LogP contribution in [0.25, 0.3) is 11.5 Å². The third kappa shape index (κ3) is 5.15. The Bertz CT molecular complexity index is 1210. The number of carbonyl (C=O) groups is 1. The molecule has 0 aliphatic carbocycles. The van der Waals surface area contributed by atoms with Gasteiger partial charge in [-0.15, -0.1) is 13.2 Å². The van der Waals surface area contributed by atoms with Gasteiger partial charge in [-0.3, -0.25) is 9.69 Å². The van der Waals surface area contributed by atoms with E-state index >= 15 is 0 Å². The smallest absolute Gasteiger partial charge is 0.406 e. The van der Waals surface area contributed by atoms with Crippen molar-refractivity contribution in [2.45, 2.75) is 32.4 Å². The number of alkyl halides is 3. The summed E-state index contributed by atoms with van der Waals surface area (Å²) in [4.78, 5) is 21.5. The molecule has 1 atom stereocenters. The molecule has 3 aromatic rings. The van der Waals surface area contributed by atoms with Gasteiger partial charge in [0.2, 0.25) is 0 Å². The van der Waals surface area contributed by atoms with Crippen LogP contribution in [0.3, 0.4) is 0 Å². The van der Waals surface area contributed by atoms with Gasteiger partial charge in [0.25, 0.3) is 11.8 Å². The second-order valence-electron chi connectivity index (χ2n) is 8.64. The zero-order valence-corrected chi connectivity index (χ0v) is 19.0. The molecule has 1 fully saturated rings. The monoisotopic (exact) mass is 487 g/mol. The number of halogens is 3. The van der Waals surface area contributed by atoms with Crippen molar-refractivity contribution < 1.29 is 27.2 Å². The number of carbonyl (C=O) groups excluding carboxylic acids is 1. The van der Waals surface area contributed by atoms with Gasteiger partial charge in [0, 0.05) is 43.9 Å². The lowest BCUT2D eigenvalue weighted by Crippen LogP contribution is -2.43. The number of nitrogens with one attached hydrogen (secondary N) is 1. The molecule has 5 rings (SSSR count). The van der Waals surface area contributed by atoms with E-state index in [1.54, 1.807) is 17.0 Å². The lowest BCUT2D eigenvalue weighted by atomic mass is 10.0. The second-order valence-corrected chi connectivity index (χ2v) is 8.64. The van der Waals surface area contributed by atoms with Gasteiger partial charge in [0.15, 0.2) is 5.82 Å². The van der Waals surface area contributed by atoms with Gasteiger partial charge in [-0.2, -0.15) is 4.98 Å². The SMILES string of the molecule is CC1c2cc(-c3nc(CN4CCNCC4)no3)ccc2C(=O)N1Cc1ccc(OC(F)(F)F)cc1. The largest absolute Gasteiger partial charge is 0.573 e. The molecule has 0 bridgehead atoms. The topological polar surface area (TPSA) is 83.7 Å². The third-order valence-electron chi connectivity index (χ3n) is 6.26. The van der Waals surface area contributed by atoms with Crippen LogP contribution in [0.1, 0.15) is 40.3 Å². The summed E-state index contributed by atoms with van der Waals surface area (Å²) in [5.74, 6) is 0.577. The highest BCUT2D eigenvalue weighted by molar-refractivity contribution is 5.99. The average molecular weight is 487 g/mol. The van der Waals surface area contributed by atoms with Crippen LogP contribution in [-0.2, 0) is 13.1 Å². The highest BCUT2D eigenvalue weighted by Crippen LogP contribution is 2.37. The molecule has 3 heterocycles. The number of ether oxygens (including phenoxy) is 1. The van der Waals surface area contributed by atoms with Crippen LogP contribution in [0.4, 0.5) is 13.2 Å². The fourth-order valence-electron chi connectivity index (χ4n) is 4.44. The van der Waals surface area contributed by atoms with E-state index < -0.39 is 6.36 Å². The summed E-state index contributed by atoms with van der Waals surface area (Å²) in [6.45, 7) is 6.51. The Kier molecular flexibility index (Phi) is 6.20. The van der Waals surface area contributed by atoms with Gasteiger partial charge in [0.1, 0.15) is 5.75 Å². The summed E-state index contributed by atoms with van der Waals surface area (Å²) in [5.41, 5.74) is 2.85. The molecule has 11 heteroatoms. The van der Waals surface area contributed by atoms with Crippen LogP contribution < -0.4 is 10.1 Å². The number of benzene rings is 2. The maximum atomic E-state index is 13.0. The standard InChI is InChI=1S/C24H24F3N5O3/c1-15-20-12-17(22-29-21(30-35-22)14-31-10-8-28-9-11-31)4-7-19(20)23(33)32(15)13-16-2-5-18(6-3-16)34-24(25,26)27/h2-7,12,15,28H,8-11,13-14H2,1H3. The van der Waals surface area contributed by atoms with E-state index in [0.29, 0.717) is 29.4 Å². The summed E-state index contributed by atoms with van der Waals surface area (Å²) in [7, 11) is 0. The molecule has 35 heavy (non-hydrogen) atoms. The van der Waals surface area contributed by atoms with Crippen molar-refractivity contribution in [1.29, 1.82) is 0 Å². The number of nitrogens with zero attached hydrogens (tertiary/aromatic N) is 4. The summed E-state index contributed by atoms with van der Waals surface area (Å²) < 4.78 is 46.6. The molecule has 2 aliphatic rings. The Morgan fingerprint density at radius 3 is 2.57 bits per heavy atom. The van der Waals surface area contributed by atoms with Crippen LogP contribution in [0.5, 0.6) is 5.75 Å². The molecule has 2 aliphatic heterocycles. The van der Waals surface area contributed by atoms with Gasteiger partial charge in [-0.05, 0) is 48.4 Å². The number of piperazine rings is 1. The van der Waals surface area contributed by atoms with E-state index in [1.165, 1.54) is 24.3 Å². The van der Waals surface area contributed by atoms with Crippen molar-refractivity contribution >= 4 is 5.91 Å². The molecule has 1 amide bonds. The zero-order chi connectivity index (χ0) is 24.6. The number of hydrogen-bond acceptors (Lipinski definition) is 7. The molecule has 1 N–H and O–H groups in total. The predicted octanol–water partition coefficient (Wildman–Crippen LogP) is 3.76. The minimum Gasteiger partial charge on any atom is -0.406 e. The average Bonchev–Trinajstić information content (AvgIpc) is 3.38. The van der Waals surface area contributed by atoms with Crippen LogP contribution in [0, 0.1) is 0 Å². The van der Waals surface area contributed by atoms with E-state index in [1.807, 2.05) is 13.0 Å². The van der Waals surface area contributed by atoms with Crippen molar-refractivity contribution in [3.05, 3.63) is 65.0 Å². The number of hydrogen-bond donors (Lipinski definition) is 1. The summed E-state index contributed by atoms with van der Waals surface area (Å²) in [6.07, 6.45) is -4.75. The number of rotatable bonds is 6. The van der Waals surface area contributed by atoms with E-state index in [4.69, 9.17) is 4.52 Å². The molecule has 1 saturated heterocycles. The minimum absolute atomic E-state index is 0.139. The summed E-state index contributed by atoms with van der Waals surface area (Å²) >= 11 is 0. The molecule has 184 valence electrons. The molecule has 1 aromatic heterocycles. The Labute approximate surface area is 199 Å². The number of fused-ring (bicyclic) bond motifs is 1. The minimum atomic E-state index is -4.75. The molecule has 0 saturated carbocycles. The van der Waals surface area contributed by atoms with Crippen LogP contribution in [0.15, 0.2) is 47.0 Å². The summed E-state index contributed by atoms with van der Waals surface area (Å²) in [6, 6.07) is 10.7. The van der Waals surface area contributed by atoms with Crippen molar-refractivity contribution in [2.75, 3.05) is 26.2 Å². The number of amides is 1. The van der Waals surface area contributed by atoms with Crippen LogP contribution in [-0.4, -0.2) is 58.4 Å². The zero-order valence-electron chi connectivity index (χ0n) is 19.0. The highest BCUT2D eigenvalue weighted by atomic mass is 19.4. The molecular formula is C24H24F3N5O3.